The zero-order chi connectivity index (χ0) is 22.7. The summed E-state index contributed by atoms with van der Waals surface area (Å²) in [5, 5.41) is 3.68. The van der Waals surface area contributed by atoms with Crippen molar-refractivity contribution in [3.8, 4) is 11.3 Å². The number of rotatable bonds is 7. The average molecular weight is 497 g/mol. The molecule has 0 radical (unpaired) electrons. The van der Waals surface area contributed by atoms with Crippen LogP contribution in [0.1, 0.15) is 24.3 Å². The first-order chi connectivity index (χ1) is 15.3. The van der Waals surface area contributed by atoms with Gasteiger partial charge in [-0.15, -0.1) is 11.3 Å². The number of amides is 2. The van der Waals surface area contributed by atoms with Gasteiger partial charge in [-0.3, -0.25) is 19.4 Å². The minimum atomic E-state index is -3.52. The van der Waals surface area contributed by atoms with Gasteiger partial charge >= 0.3 is 0 Å². The summed E-state index contributed by atoms with van der Waals surface area (Å²) in [4.78, 5) is 31.8. The number of nitrogens with zero attached hydrogens (tertiary/aromatic N) is 4. The summed E-state index contributed by atoms with van der Waals surface area (Å²) >= 11 is 7.53. The van der Waals surface area contributed by atoms with Crippen molar-refractivity contribution in [1.29, 1.82) is 0 Å². The Kier molecular flexibility index (Phi) is 7.26. The van der Waals surface area contributed by atoms with Crippen LogP contribution in [0.25, 0.3) is 11.3 Å². The number of imide groups is 1. The first kappa shape index (κ1) is 23.3. The minimum Gasteiger partial charge on any atom is -0.294 e. The maximum absolute atomic E-state index is 12.7. The molecule has 2 amide bonds. The number of carbonyl (C=O) groups is 2. The van der Waals surface area contributed by atoms with E-state index in [4.69, 9.17) is 16.6 Å². The molecule has 4 rings (SSSR count). The lowest BCUT2D eigenvalue weighted by Crippen LogP contribution is -2.50. The van der Waals surface area contributed by atoms with Gasteiger partial charge < -0.3 is 0 Å². The smallest absolute Gasteiger partial charge is 0.229 e. The normalized spacial score (nSPS) is 19.0. The van der Waals surface area contributed by atoms with Crippen LogP contribution in [-0.4, -0.2) is 77.8 Å². The Balaban J connectivity index is 1.28. The molecule has 0 bridgehead atoms. The van der Waals surface area contributed by atoms with Crippen molar-refractivity contribution in [2.24, 2.45) is 0 Å². The van der Waals surface area contributed by atoms with Gasteiger partial charge in [-0.25, -0.2) is 13.4 Å². The fraction of sp³-hybridized carbons (Fsp3) is 0.476. The summed E-state index contributed by atoms with van der Waals surface area (Å²) < 4.78 is 26.9. The number of piperidine rings is 1. The fourth-order valence-electron chi connectivity index (χ4n) is 3.88. The van der Waals surface area contributed by atoms with E-state index in [9.17, 15) is 18.0 Å². The van der Waals surface area contributed by atoms with Crippen molar-refractivity contribution in [1.82, 2.24) is 19.1 Å². The van der Waals surface area contributed by atoms with Crippen LogP contribution in [-0.2, 0) is 26.2 Å². The van der Waals surface area contributed by atoms with E-state index < -0.39 is 10.0 Å². The van der Waals surface area contributed by atoms with E-state index in [2.05, 4.69) is 4.90 Å². The monoisotopic (exact) mass is 496 g/mol. The van der Waals surface area contributed by atoms with E-state index in [1.165, 1.54) is 4.31 Å². The van der Waals surface area contributed by atoms with Crippen LogP contribution in [0.5, 0.6) is 0 Å². The third-order valence-corrected chi connectivity index (χ3v) is 8.67. The molecular formula is C21H25ClN4O4S2. The molecule has 2 saturated heterocycles. The lowest BCUT2D eigenvalue weighted by atomic mass is 10.1. The van der Waals surface area contributed by atoms with Gasteiger partial charge in [-0.1, -0.05) is 23.7 Å². The second kappa shape index (κ2) is 9.96. The maximum atomic E-state index is 12.7. The van der Waals surface area contributed by atoms with Crippen molar-refractivity contribution in [3.05, 3.63) is 39.7 Å². The second-order valence-corrected chi connectivity index (χ2v) is 11.4. The Morgan fingerprint density at radius 1 is 1.00 bits per heavy atom. The molecule has 0 aliphatic carbocycles. The van der Waals surface area contributed by atoms with Crippen LogP contribution in [0.3, 0.4) is 0 Å². The third-order valence-electron chi connectivity index (χ3n) is 5.73. The van der Waals surface area contributed by atoms with Gasteiger partial charge in [0.15, 0.2) is 0 Å². The Hall–Kier alpha value is -1.85. The highest BCUT2D eigenvalue weighted by atomic mass is 35.5. The molecule has 32 heavy (non-hydrogen) atoms. The Labute approximate surface area is 196 Å². The second-order valence-electron chi connectivity index (χ2n) is 7.92. The van der Waals surface area contributed by atoms with Crippen molar-refractivity contribution >= 4 is 44.8 Å². The molecule has 3 heterocycles. The molecule has 1 aromatic carbocycles. The number of thiazole rings is 1. The summed E-state index contributed by atoms with van der Waals surface area (Å²) in [6.45, 7) is 2.60. The predicted octanol–water partition coefficient (Wildman–Crippen LogP) is 2.45. The quantitative estimate of drug-likeness (QED) is 0.547. The third kappa shape index (κ3) is 5.55. The molecule has 8 nitrogen and oxygen atoms in total. The molecule has 1 aromatic heterocycles. The molecular weight excluding hydrogens is 472 g/mol. The van der Waals surface area contributed by atoms with Crippen molar-refractivity contribution < 1.29 is 18.0 Å². The van der Waals surface area contributed by atoms with Gasteiger partial charge in [-0.2, -0.15) is 4.31 Å². The molecule has 0 saturated carbocycles. The van der Waals surface area contributed by atoms with Crippen LogP contribution in [0.4, 0.5) is 0 Å². The summed E-state index contributed by atoms with van der Waals surface area (Å²) in [5.74, 6) is -0.771. The summed E-state index contributed by atoms with van der Waals surface area (Å²) in [5.41, 5.74) is 1.92. The van der Waals surface area contributed by atoms with Gasteiger partial charge in [-0.05, 0) is 18.6 Å². The van der Waals surface area contributed by atoms with Crippen molar-refractivity contribution in [2.75, 3.05) is 38.5 Å². The molecule has 2 fully saturated rings. The molecule has 0 atom stereocenters. The van der Waals surface area contributed by atoms with E-state index in [1.807, 2.05) is 29.6 Å². The van der Waals surface area contributed by atoms with E-state index >= 15 is 0 Å². The van der Waals surface area contributed by atoms with Crippen molar-refractivity contribution in [3.63, 3.8) is 0 Å². The Morgan fingerprint density at radius 3 is 2.31 bits per heavy atom. The highest BCUT2D eigenvalue weighted by molar-refractivity contribution is 7.89. The van der Waals surface area contributed by atoms with E-state index in [-0.39, 0.29) is 24.1 Å². The molecule has 2 aromatic rings. The van der Waals surface area contributed by atoms with Crippen LogP contribution in [0.2, 0.25) is 5.02 Å². The van der Waals surface area contributed by atoms with E-state index in [0.29, 0.717) is 57.0 Å². The highest BCUT2D eigenvalue weighted by Crippen LogP contribution is 2.24. The zero-order valence-electron chi connectivity index (χ0n) is 17.6. The molecule has 0 spiro atoms. The molecule has 11 heteroatoms. The van der Waals surface area contributed by atoms with Crippen LogP contribution in [0, 0.1) is 0 Å². The summed E-state index contributed by atoms with van der Waals surface area (Å²) in [7, 11) is -3.52. The van der Waals surface area contributed by atoms with Gasteiger partial charge in [0, 0.05) is 61.5 Å². The number of aromatic nitrogens is 1. The fourth-order valence-corrected chi connectivity index (χ4v) is 6.24. The number of carbonyl (C=O) groups excluding carboxylic acids is 2. The van der Waals surface area contributed by atoms with Gasteiger partial charge in [0.1, 0.15) is 5.01 Å². The van der Waals surface area contributed by atoms with Crippen LogP contribution >= 0.6 is 22.9 Å². The lowest BCUT2D eigenvalue weighted by Gasteiger charge is -2.34. The predicted molar refractivity (Wildman–Crippen MR) is 124 cm³/mol. The standard InChI is InChI=1S/C21H25ClN4O4S2/c22-17-6-4-16(5-7-17)18-15-31-19(23-18)14-24-8-10-25(11-9-24)32(29,30)13-12-26-20(27)2-1-3-21(26)28/h4-7,15H,1-3,8-14H2. The van der Waals surface area contributed by atoms with E-state index in [0.717, 1.165) is 21.2 Å². The highest BCUT2D eigenvalue weighted by Gasteiger charge is 2.31. The van der Waals surface area contributed by atoms with Gasteiger partial charge in [0.2, 0.25) is 21.8 Å². The number of hydrogen-bond acceptors (Lipinski definition) is 7. The zero-order valence-corrected chi connectivity index (χ0v) is 20.0. The van der Waals surface area contributed by atoms with Gasteiger partial charge in [0.25, 0.3) is 0 Å². The Bertz CT molecular complexity index is 1060. The SMILES string of the molecule is O=C1CCCC(=O)N1CCS(=O)(=O)N1CCN(Cc2nc(-c3ccc(Cl)cc3)cs2)CC1. The van der Waals surface area contributed by atoms with Gasteiger partial charge in [0.05, 0.1) is 18.0 Å². The molecule has 2 aliphatic rings. The van der Waals surface area contributed by atoms with Crippen LogP contribution < -0.4 is 0 Å². The topological polar surface area (TPSA) is 90.9 Å². The van der Waals surface area contributed by atoms with Crippen molar-refractivity contribution in [2.45, 2.75) is 25.8 Å². The number of halogens is 1. The first-order valence-electron chi connectivity index (χ1n) is 10.6. The molecule has 0 N–H and O–H groups in total. The summed E-state index contributed by atoms with van der Waals surface area (Å²) in [6, 6.07) is 7.56. The number of benzene rings is 1. The summed E-state index contributed by atoms with van der Waals surface area (Å²) in [6.07, 6.45) is 1.16. The average Bonchev–Trinajstić information content (AvgIpc) is 3.23. The number of hydrogen-bond donors (Lipinski definition) is 0. The number of sulfonamides is 1. The minimum absolute atomic E-state index is 0.0627. The Morgan fingerprint density at radius 2 is 1.66 bits per heavy atom. The van der Waals surface area contributed by atoms with E-state index in [1.54, 1.807) is 11.3 Å². The lowest BCUT2D eigenvalue weighted by molar-refractivity contribution is -0.147. The molecule has 2 aliphatic heterocycles. The largest absolute Gasteiger partial charge is 0.294 e. The molecule has 172 valence electrons. The number of piperazine rings is 1. The molecule has 0 unspecified atom stereocenters. The number of likely N-dealkylation sites (tertiary alicyclic amines) is 1. The van der Waals surface area contributed by atoms with Crippen LogP contribution in [0.15, 0.2) is 29.6 Å². The first-order valence-corrected chi connectivity index (χ1v) is 13.4. The maximum Gasteiger partial charge on any atom is 0.229 e.